The maximum atomic E-state index is 9.14. The topological polar surface area (TPSA) is 70.5 Å². The Morgan fingerprint density at radius 2 is 2.25 bits per heavy atom. The van der Waals surface area contributed by atoms with Gasteiger partial charge in [-0.05, 0) is 43.2 Å². The van der Waals surface area contributed by atoms with Crippen LogP contribution in [0.5, 0.6) is 0 Å². The van der Waals surface area contributed by atoms with E-state index in [4.69, 9.17) is 9.68 Å². The first-order chi connectivity index (χ1) is 11.8. The Bertz CT molecular complexity index is 1030. The highest BCUT2D eigenvalue weighted by molar-refractivity contribution is 5.85. The lowest BCUT2D eigenvalue weighted by Crippen LogP contribution is -2.03. The maximum absolute atomic E-state index is 9.14. The summed E-state index contributed by atoms with van der Waals surface area (Å²) in [5, 5.41) is 10.3. The Morgan fingerprint density at radius 3 is 3.04 bits per heavy atom. The lowest BCUT2D eigenvalue weighted by Gasteiger charge is -2.07. The van der Waals surface area contributed by atoms with Gasteiger partial charge in [0.2, 0.25) is 0 Å². The molecule has 0 saturated heterocycles. The second-order valence-electron chi connectivity index (χ2n) is 5.81. The number of benzene rings is 1. The Kier molecular flexibility index (Phi) is 3.43. The van der Waals surface area contributed by atoms with Gasteiger partial charge in [-0.15, -0.1) is 0 Å². The van der Waals surface area contributed by atoms with Crippen molar-refractivity contribution in [2.45, 2.75) is 19.9 Å². The highest BCUT2D eigenvalue weighted by Crippen LogP contribution is 2.25. The van der Waals surface area contributed by atoms with Crippen LogP contribution in [-0.2, 0) is 13.0 Å². The van der Waals surface area contributed by atoms with Gasteiger partial charge < -0.3 is 14.0 Å². The minimum absolute atomic E-state index is 0.685. The van der Waals surface area contributed by atoms with Crippen LogP contribution in [0.15, 0.2) is 53.6 Å². The molecule has 0 aliphatic carbocycles. The van der Waals surface area contributed by atoms with Crippen LogP contribution >= 0.6 is 0 Å². The van der Waals surface area contributed by atoms with E-state index in [0.29, 0.717) is 5.56 Å². The lowest BCUT2D eigenvalue weighted by atomic mass is 10.1. The molecule has 4 rings (SSSR count). The number of aryl methyl sites for hydroxylation is 3. The maximum Gasteiger partial charge on any atom is 0.143 e. The van der Waals surface area contributed by atoms with Gasteiger partial charge in [0.15, 0.2) is 0 Å². The number of rotatable bonds is 4. The summed E-state index contributed by atoms with van der Waals surface area (Å²) in [6.07, 6.45) is 8.00. The van der Waals surface area contributed by atoms with E-state index >= 15 is 0 Å². The monoisotopic (exact) mass is 316 g/mol. The fraction of sp³-hybridized carbons (Fsp3) is 0.158. The predicted molar refractivity (Wildman–Crippen MR) is 91.4 cm³/mol. The van der Waals surface area contributed by atoms with Crippen molar-refractivity contribution in [1.82, 2.24) is 14.5 Å². The first-order valence-corrected chi connectivity index (χ1v) is 7.81. The van der Waals surface area contributed by atoms with E-state index in [1.807, 2.05) is 30.5 Å². The molecule has 0 aliphatic heterocycles. The molecule has 118 valence electrons. The number of H-pyrrole nitrogens is 1. The molecule has 0 radical (unpaired) electrons. The number of nitrogens with one attached hydrogen (secondary N) is 1. The minimum Gasteiger partial charge on any atom is -0.472 e. The number of nitrogens with zero attached hydrogens (tertiary/aromatic N) is 3. The van der Waals surface area contributed by atoms with E-state index in [1.165, 1.54) is 5.56 Å². The molecule has 0 saturated carbocycles. The summed E-state index contributed by atoms with van der Waals surface area (Å²) in [4.78, 5) is 7.82. The van der Waals surface area contributed by atoms with Crippen molar-refractivity contribution in [3.63, 3.8) is 0 Å². The Hall–Kier alpha value is -3.26. The molecule has 0 amide bonds. The third kappa shape index (κ3) is 2.38. The minimum atomic E-state index is 0.685. The van der Waals surface area contributed by atoms with Crippen LogP contribution in [0, 0.1) is 18.3 Å². The van der Waals surface area contributed by atoms with Crippen LogP contribution in [0.2, 0.25) is 0 Å². The normalized spacial score (nSPS) is 11.0. The summed E-state index contributed by atoms with van der Waals surface area (Å²) in [7, 11) is 0. The molecule has 3 heterocycles. The van der Waals surface area contributed by atoms with E-state index in [1.54, 1.807) is 18.7 Å². The average Bonchev–Trinajstić information content (AvgIpc) is 3.31. The van der Waals surface area contributed by atoms with Crippen molar-refractivity contribution in [3.05, 3.63) is 66.0 Å². The second-order valence-corrected chi connectivity index (χ2v) is 5.81. The van der Waals surface area contributed by atoms with E-state index in [0.717, 1.165) is 41.0 Å². The van der Waals surface area contributed by atoms with Gasteiger partial charge in [-0.25, -0.2) is 4.98 Å². The summed E-state index contributed by atoms with van der Waals surface area (Å²) >= 11 is 0. The highest BCUT2D eigenvalue weighted by Gasteiger charge is 2.12. The summed E-state index contributed by atoms with van der Waals surface area (Å²) in [6, 6.07) is 9.90. The number of nitriles is 1. The number of aromatic amines is 1. The zero-order chi connectivity index (χ0) is 16.5. The molecule has 0 spiro atoms. The Morgan fingerprint density at radius 1 is 1.33 bits per heavy atom. The molecular weight excluding hydrogens is 300 g/mol. The molecule has 4 aromatic rings. The van der Waals surface area contributed by atoms with Gasteiger partial charge in [-0.1, -0.05) is 0 Å². The number of aromatic nitrogens is 3. The van der Waals surface area contributed by atoms with Gasteiger partial charge in [-0.3, -0.25) is 0 Å². The largest absolute Gasteiger partial charge is 0.472 e. The van der Waals surface area contributed by atoms with E-state index in [-0.39, 0.29) is 0 Å². The lowest BCUT2D eigenvalue weighted by molar-refractivity contribution is 0.567. The smallest absolute Gasteiger partial charge is 0.143 e. The molecule has 5 nitrogen and oxygen atoms in total. The zero-order valence-electron chi connectivity index (χ0n) is 13.3. The molecule has 24 heavy (non-hydrogen) atoms. The number of hydrogen-bond donors (Lipinski definition) is 1. The number of hydrogen-bond acceptors (Lipinski definition) is 3. The first kappa shape index (κ1) is 14.3. The predicted octanol–water partition coefficient (Wildman–Crippen LogP) is 4.05. The van der Waals surface area contributed by atoms with E-state index in [9.17, 15) is 0 Å². The van der Waals surface area contributed by atoms with Crippen molar-refractivity contribution in [2.24, 2.45) is 0 Å². The molecular formula is C19H16N4O. The van der Waals surface area contributed by atoms with Gasteiger partial charge >= 0.3 is 0 Å². The highest BCUT2D eigenvalue weighted by atomic mass is 16.3. The van der Waals surface area contributed by atoms with Gasteiger partial charge in [0.05, 0.1) is 23.5 Å². The van der Waals surface area contributed by atoms with Crippen LogP contribution in [-0.4, -0.2) is 14.5 Å². The molecule has 5 heteroatoms. The average molecular weight is 316 g/mol. The second kappa shape index (κ2) is 5.74. The molecule has 3 aromatic heterocycles. The molecule has 1 aromatic carbocycles. The quantitative estimate of drug-likeness (QED) is 0.617. The van der Waals surface area contributed by atoms with Crippen molar-refractivity contribution in [3.8, 4) is 17.5 Å². The van der Waals surface area contributed by atoms with E-state index < -0.39 is 0 Å². The molecule has 1 N–H and O–H groups in total. The summed E-state index contributed by atoms with van der Waals surface area (Å²) in [6.45, 7) is 2.89. The van der Waals surface area contributed by atoms with Crippen LogP contribution in [0.3, 0.4) is 0 Å². The fourth-order valence-corrected chi connectivity index (χ4v) is 3.15. The van der Waals surface area contributed by atoms with Gasteiger partial charge in [0.25, 0.3) is 0 Å². The SMILES string of the molecule is Cc1[nH]c2ccc(C#N)cc2c1CCn1ccnc1-c1ccoc1. The summed E-state index contributed by atoms with van der Waals surface area (Å²) in [5.74, 6) is 0.902. The van der Waals surface area contributed by atoms with Crippen molar-refractivity contribution < 1.29 is 4.42 Å². The van der Waals surface area contributed by atoms with Crippen LogP contribution in [0.25, 0.3) is 22.3 Å². The number of fused-ring (bicyclic) bond motifs is 1. The third-order valence-electron chi connectivity index (χ3n) is 4.35. The van der Waals surface area contributed by atoms with Crippen LogP contribution in [0.4, 0.5) is 0 Å². The Balaban J connectivity index is 1.66. The molecule has 0 fully saturated rings. The number of furan rings is 1. The van der Waals surface area contributed by atoms with Crippen molar-refractivity contribution >= 4 is 10.9 Å². The van der Waals surface area contributed by atoms with Gasteiger partial charge in [-0.2, -0.15) is 5.26 Å². The van der Waals surface area contributed by atoms with Crippen molar-refractivity contribution in [1.29, 1.82) is 5.26 Å². The standard InChI is InChI=1S/C19H16N4O/c1-13-16(17-10-14(11-20)2-3-18(17)22-13)4-7-23-8-6-21-19(23)15-5-9-24-12-15/h2-3,5-6,8-10,12,22H,4,7H2,1H3. The van der Waals surface area contributed by atoms with Crippen LogP contribution in [0.1, 0.15) is 16.8 Å². The third-order valence-corrected chi connectivity index (χ3v) is 4.35. The number of imidazole rings is 1. The van der Waals surface area contributed by atoms with E-state index in [2.05, 4.69) is 27.5 Å². The Labute approximate surface area is 139 Å². The summed E-state index contributed by atoms with van der Waals surface area (Å²) < 4.78 is 7.28. The van der Waals surface area contributed by atoms with Crippen molar-refractivity contribution in [2.75, 3.05) is 0 Å². The van der Waals surface area contributed by atoms with Gasteiger partial charge in [0.1, 0.15) is 12.1 Å². The van der Waals surface area contributed by atoms with Gasteiger partial charge in [0, 0.05) is 35.5 Å². The molecule has 0 aliphatic rings. The molecule has 0 bridgehead atoms. The zero-order valence-corrected chi connectivity index (χ0v) is 13.3. The fourth-order valence-electron chi connectivity index (χ4n) is 3.15. The summed E-state index contributed by atoms with van der Waals surface area (Å²) in [5.41, 5.74) is 5.12. The first-order valence-electron chi connectivity index (χ1n) is 7.81. The molecule has 0 unspecified atom stereocenters. The van der Waals surface area contributed by atoms with Crippen LogP contribution < -0.4 is 0 Å². The molecule has 0 atom stereocenters.